The minimum atomic E-state index is 0.185. The fourth-order valence-electron chi connectivity index (χ4n) is 1.81. The predicted molar refractivity (Wildman–Crippen MR) is 68.0 cm³/mol. The zero-order chi connectivity index (χ0) is 13.1. The summed E-state index contributed by atoms with van der Waals surface area (Å²) in [6.45, 7) is 1.86. The van der Waals surface area contributed by atoms with Gasteiger partial charge in [-0.1, -0.05) is 0 Å². The van der Waals surface area contributed by atoms with E-state index in [1.54, 1.807) is 14.2 Å². The number of hydrogen-bond donors (Lipinski definition) is 1. The minimum absolute atomic E-state index is 0.185. The van der Waals surface area contributed by atoms with Gasteiger partial charge < -0.3 is 19.6 Å². The molecular formula is C13H16N2O3. The second kappa shape index (κ2) is 5.00. The van der Waals surface area contributed by atoms with Gasteiger partial charge in [0.25, 0.3) is 6.01 Å². The Morgan fingerprint density at radius 2 is 2.06 bits per heavy atom. The van der Waals surface area contributed by atoms with Gasteiger partial charge in [-0.2, -0.15) is 4.98 Å². The second-order valence-corrected chi connectivity index (χ2v) is 3.92. The van der Waals surface area contributed by atoms with Crippen molar-refractivity contribution in [3.8, 4) is 11.5 Å². The largest absolute Gasteiger partial charge is 0.497 e. The summed E-state index contributed by atoms with van der Waals surface area (Å²) in [4.78, 5) is 4.04. The second-order valence-electron chi connectivity index (χ2n) is 3.92. The molecule has 96 valence electrons. The minimum Gasteiger partial charge on any atom is -0.497 e. The molecule has 1 aromatic carbocycles. The van der Waals surface area contributed by atoms with Gasteiger partial charge >= 0.3 is 0 Å². The molecule has 2 aromatic rings. The molecule has 2 N–H and O–H groups in total. The van der Waals surface area contributed by atoms with Gasteiger partial charge in [0.15, 0.2) is 0 Å². The van der Waals surface area contributed by atoms with Crippen molar-refractivity contribution in [1.82, 2.24) is 4.98 Å². The molecule has 0 bridgehead atoms. The smallest absolute Gasteiger partial charge is 0.292 e. The van der Waals surface area contributed by atoms with Gasteiger partial charge in [-0.15, -0.1) is 0 Å². The molecule has 0 unspecified atom stereocenters. The number of nitrogen functional groups attached to an aromatic ring is 1. The zero-order valence-corrected chi connectivity index (χ0v) is 10.7. The van der Waals surface area contributed by atoms with Crippen molar-refractivity contribution in [2.45, 2.75) is 13.3 Å². The van der Waals surface area contributed by atoms with Crippen LogP contribution in [0, 0.1) is 6.92 Å². The van der Waals surface area contributed by atoms with Crippen molar-refractivity contribution < 1.29 is 13.9 Å². The first-order chi connectivity index (χ1) is 8.63. The lowest BCUT2D eigenvalue weighted by atomic mass is 10.1. The van der Waals surface area contributed by atoms with Crippen LogP contribution < -0.4 is 15.2 Å². The third-order valence-electron chi connectivity index (χ3n) is 2.75. The standard InChI is InChI=1S/C13H16N2O3/c1-8-12(18-13(14)15-8)7-9-6-10(16-2)4-5-11(9)17-3/h4-6H,7H2,1-3H3,(H2,14,15). The Kier molecular flexibility index (Phi) is 3.41. The van der Waals surface area contributed by atoms with E-state index >= 15 is 0 Å². The lowest BCUT2D eigenvalue weighted by molar-refractivity contribution is 0.398. The summed E-state index contributed by atoms with van der Waals surface area (Å²) in [6, 6.07) is 5.81. The van der Waals surface area contributed by atoms with E-state index in [9.17, 15) is 0 Å². The molecule has 0 saturated heterocycles. The van der Waals surface area contributed by atoms with Crippen LogP contribution in [0.15, 0.2) is 22.6 Å². The Bertz CT molecular complexity index is 549. The number of rotatable bonds is 4. The molecule has 0 fully saturated rings. The van der Waals surface area contributed by atoms with Crippen LogP contribution in [0.25, 0.3) is 0 Å². The molecule has 1 heterocycles. The molecule has 18 heavy (non-hydrogen) atoms. The Hall–Kier alpha value is -2.17. The fourth-order valence-corrected chi connectivity index (χ4v) is 1.81. The molecule has 5 heteroatoms. The molecule has 0 amide bonds. The summed E-state index contributed by atoms with van der Waals surface area (Å²) in [5.74, 6) is 2.29. The van der Waals surface area contributed by atoms with Gasteiger partial charge in [0.05, 0.1) is 19.9 Å². The van der Waals surface area contributed by atoms with Gasteiger partial charge in [-0.3, -0.25) is 0 Å². The highest BCUT2D eigenvalue weighted by Crippen LogP contribution is 2.27. The Balaban J connectivity index is 2.35. The van der Waals surface area contributed by atoms with Crippen molar-refractivity contribution >= 4 is 6.01 Å². The maximum atomic E-state index is 5.53. The van der Waals surface area contributed by atoms with Crippen LogP contribution in [0.1, 0.15) is 17.0 Å². The van der Waals surface area contributed by atoms with Gasteiger partial charge in [0, 0.05) is 12.0 Å². The average molecular weight is 248 g/mol. The molecule has 1 aromatic heterocycles. The van der Waals surface area contributed by atoms with Crippen molar-refractivity contribution in [3.63, 3.8) is 0 Å². The maximum absolute atomic E-state index is 5.53. The van der Waals surface area contributed by atoms with E-state index in [0.29, 0.717) is 6.42 Å². The van der Waals surface area contributed by atoms with Crippen LogP contribution in [0.2, 0.25) is 0 Å². The SMILES string of the molecule is COc1ccc(OC)c(Cc2oc(N)nc2C)c1. The van der Waals surface area contributed by atoms with Crippen LogP contribution in [0.4, 0.5) is 6.01 Å². The van der Waals surface area contributed by atoms with E-state index in [2.05, 4.69) is 4.98 Å². The van der Waals surface area contributed by atoms with Crippen LogP contribution in [-0.2, 0) is 6.42 Å². The predicted octanol–water partition coefficient (Wildman–Crippen LogP) is 2.17. The molecule has 5 nitrogen and oxygen atoms in total. The fraction of sp³-hybridized carbons (Fsp3) is 0.308. The summed E-state index contributed by atoms with van der Waals surface area (Å²) in [5.41, 5.74) is 7.28. The molecule has 0 atom stereocenters. The number of oxazole rings is 1. The third kappa shape index (κ3) is 2.40. The number of ether oxygens (including phenoxy) is 2. The number of aromatic nitrogens is 1. The number of nitrogens with zero attached hydrogens (tertiary/aromatic N) is 1. The van der Waals surface area contributed by atoms with E-state index in [4.69, 9.17) is 19.6 Å². The highest BCUT2D eigenvalue weighted by Gasteiger charge is 2.12. The Morgan fingerprint density at radius 1 is 1.28 bits per heavy atom. The molecule has 0 aliphatic carbocycles. The van der Waals surface area contributed by atoms with Crippen LogP contribution in [0.5, 0.6) is 11.5 Å². The Morgan fingerprint density at radius 3 is 2.61 bits per heavy atom. The number of methoxy groups -OCH3 is 2. The zero-order valence-electron chi connectivity index (χ0n) is 10.7. The van der Waals surface area contributed by atoms with Crippen molar-refractivity contribution in [3.05, 3.63) is 35.2 Å². The van der Waals surface area contributed by atoms with Gasteiger partial charge in [0.2, 0.25) is 0 Å². The first kappa shape index (κ1) is 12.3. The quantitative estimate of drug-likeness (QED) is 0.897. The molecule has 0 aliphatic rings. The Labute approximate surface area is 106 Å². The molecule has 0 radical (unpaired) electrons. The third-order valence-corrected chi connectivity index (χ3v) is 2.75. The topological polar surface area (TPSA) is 70.5 Å². The van der Waals surface area contributed by atoms with Crippen LogP contribution in [0.3, 0.4) is 0 Å². The average Bonchev–Trinajstić information content (AvgIpc) is 2.67. The van der Waals surface area contributed by atoms with E-state index in [1.165, 1.54) is 0 Å². The first-order valence-corrected chi connectivity index (χ1v) is 5.56. The van der Waals surface area contributed by atoms with E-state index in [0.717, 1.165) is 28.5 Å². The monoisotopic (exact) mass is 248 g/mol. The van der Waals surface area contributed by atoms with Crippen molar-refractivity contribution in [1.29, 1.82) is 0 Å². The maximum Gasteiger partial charge on any atom is 0.292 e. The summed E-state index contributed by atoms with van der Waals surface area (Å²) >= 11 is 0. The summed E-state index contributed by atoms with van der Waals surface area (Å²) in [7, 11) is 3.26. The van der Waals surface area contributed by atoms with Crippen molar-refractivity contribution in [2.75, 3.05) is 20.0 Å². The highest BCUT2D eigenvalue weighted by atomic mass is 16.5. The summed E-state index contributed by atoms with van der Waals surface area (Å²) in [6.07, 6.45) is 0.566. The van der Waals surface area contributed by atoms with E-state index < -0.39 is 0 Å². The number of hydrogen-bond acceptors (Lipinski definition) is 5. The normalized spacial score (nSPS) is 10.4. The van der Waals surface area contributed by atoms with Crippen LogP contribution >= 0.6 is 0 Å². The summed E-state index contributed by atoms with van der Waals surface area (Å²) < 4.78 is 15.9. The molecular weight excluding hydrogens is 232 g/mol. The lowest BCUT2D eigenvalue weighted by Gasteiger charge is -2.09. The molecule has 2 rings (SSSR count). The molecule has 0 saturated carbocycles. The number of aryl methyl sites for hydroxylation is 1. The van der Waals surface area contributed by atoms with E-state index in [-0.39, 0.29) is 6.01 Å². The first-order valence-electron chi connectivity index (χ1n) is 5.56. The number of nitrogens with two attached hydrogens (primary N) is 1. The number of anilines is 1. The highest BCUT2D eigenvalue weighted by molar-refractivity contribution is 5.42. The molecule has 0 aliphatic heterocycles. The van der Waals surface area contributed by atoms with Crippen LogP contribution in [-0.4, -0.2) is 19.2 Å². The number of benzene rings is 1. The van der Waals surface area contributed by atoms with Gasteiger partial charge in [-0.05, 0) is 25.1 Å². The lowest BCUT2D eigenvalue weighted by Crippen LogP contribution is -1.95. The van der Waals surface area contributed by atoms with E-state index in [1.807, 2.05) is 25.1 Å². The van der Waals surface area contributed by atoms with Gasteiger partial charge in [0.1, 0.15) is 17.3 Å². The van der Waals surface area contributed by atoms with Gasteiger partial charge in [-0.25, -0.2) is 0 Å². The summed E-state index contributed by atoms with van der Waals surface area (Å²) in [5, 5.41) is 0. The van der Waals surface area contributed by atoms with Crippen molar-refractivity contribution in [2.24, 2.45) is 0 Å². The molecule has 0 spiro atoms.